The molecule has 0 rings (SSSR count). The van der Waals surface area contributed by atoms with Crippen molar-refractivity contribution in [2.75, 3.05) is 7.11 Å². The Morgan fingerprint density at radius 3 is 2.30 bits per heavy atom. The van der Waals surface area contributed by atoms with Crippen LogP contribution in [0.5, 0.6) is 0 Å². The maximum atomic E-state index is 11.4. The number of hydrogen-bond acceptors (Lipinski definition) is 2. The smallest absolute Gasteiger partial charge is 0.389 e. The Morgan fingerprint density at radius 1 is 1.50 bits per heavy atom. The van der Waals surface area contributed by atoms with Crippen LogP contribution in [0.1, 0.15) is 12.8 Å². The van der Waals surface area contributed by atoms with Gasteiger partial charge in [-0.1, -0.05) is 0 Å². The number of rotatable bonds is 2. The monoisotopic (exact) mass is 172 g/mol. The van der Waals surface area contributed by atoms with Crippen LogP contribution in [0.3, 0.4) is 0 Å². The lowest BCUT2D eigenvalue weighted by atomic mass is 10.3. The summed E-state index contributed by atoms with van der Waals surface area (Å²) in [5.41, 5.74) is 0. The number of alkyl halides is 3. The summed E-state index contributed by atoms with van der Waals surface area (Å²) in [5.74, 6) is 0. The Morgan fingerprint density at radius 2 is 2.00 bits per heavy atom. The summed E-state index contributed by atoms with van der Waals surface area (Å²) in [5, 5.41) is -0.00248. The molecule has 0 spiro atoms. The van der Waals surface area contributed by atoms with Gasteiger partial charge in [0, 0.05) is 6.42 Å². The van der Waals surface area contributed by atoms with E-state index in [4.69, 9.17) is 0 Å². The molecule has 0 amide bonds. The van der Waals surface area contributed by atoms with E-state index in [2.05, 4.69) is 17.0 Å². The van der Waals surface area contributed by atoms with Crippen molar-refractivity contribution in [1.82, 2.24) is 0 Å². The molecule has 1 nitrogen and oxygen atoms in total. The molecule has 0 heterocycles. The van der Waals surface area contributed by atoms with Crippen LogP contribution in [0.2, 0.25) is 0 Å². The SMILES string of the molecule is COC(=S)CCC(F)(F)F. The van der Waals surface area contributed by atoms with Crippen molar-refractivity contribution in [2.24, 2.45) is 0 Å². The van der Waals surface area contributed by atoms with E-state index in [1.807, 2.05) is 0 Å². The quantitative estimate of drug-likeness (QED) is 0.591. The van der Waals surface area contributed by atoms with Crippen LogP contribution in [0.25, 0.3) is 0 Å². The minimum atomic E-state index is -4.14. The summed E-state index contributed by atoms with van der Waals surface area (Å²) >= 11 is 4.40. The second kappa shape index (κ2) is 3.75. The molecule has 60 valence electrons. The summed E-state index contributed by atoms with van der Waals surface area (Å²) in [6, 6.07) is 0. The highest BCUT2D eigenvalue weighted by Crippen LogP contribution is 2.21. The Bertz CT molecular complexity index is 121. The van der Waals surface area contributed by atoms with Crippen molar-refractivity contribution in [1.29, 1.82) is 0 Å². The van der Waals surface area contributed by atoms with Crippen molar-refractivity contribution < 1.29 is 17.9 Å². The van der Waals surface area contributed by atoms with Crippen molar-refractivity contribution >= 4 is 17.3 Å². The minimum Gasteiger partial charge on any atom is -0.490 e. The fraction of sp³-hybridized carbons (Fsp3) is 0.800. The van der Waals surface area contributed by atoms with E-state index < -0.39 is 12.6 Å². The third-order valence-electron chi connectivity index (χ3n) is 0.840. The van der Waals surface area contributed by atoms with Crippen molar-refractivity contribution in [3.63, 3.8) is 0 Å². The average molecular weight is 172 g/mol. The van der Waals surface area contributed by atoms with Gasteiger partial charge in [-0.3, -0.25) is 0 Å². The molecule has 0 bridgehead atoms. The van der Waals surface area contributed by atoms with E-state index in [0.29, 0.717) is 0 Å². The van der Waals surface area contributed by atoms with E-state index in [0.717, 1.165) is 0 Å². The van der Waals surface area contributed by atoms with Gasteiger partial charge in [0.15, 0.2) is 5.05 Å². The molecule has 0 aliphatic carbocycles. The molecule has 0 N–H and O–H groups in total. The third-order valence-corrected chi connectivity index (χ3v) is 1.21. The van der Waals surface area contributed by atoms with E-state index in [1.165, 1.54) is 7.11 Å². The topological polar surface area (TPSA) is 9.23 Å². The molecule has 0 aliphatic rings. The maximum absolute atomic E-state index is 11.4. The average Bonchev–Trinajstić information content (AvgIpc) is 1.81. The first-order valence-electron chi connectivity index (χ1n) is 2.59. The molecule has 0 aliphatic heterocycles. The summed E-state index contributed by atoms with van der Waals surface area (Å²) in [6.07, 6.45) is -5.27. The highest BCUT2D eigenvalue weighted by molar-refractivity contribution is 7.80. The van der Waals surface area contributed by atoms with Gasteiger partial charge in [0.25, 0.3) is 0 Å². The van der Waals surface area contributed by atoms with Crippen molar-refractivity contribution in [2.45, 2.75) is 19.0 Å². The first-order valence-corrected chi connectivity index (χ1v) is 3.00. The van der Waals surface area contributed by atoms with E-state index in [1.54, 1.807) is 0 Å². The Balaban J connectivity index is 3.46. The summed E-state index contributed by atoms with van der Waals surface area (Å²) in [6.45, 7) is 0. The first kappa shape index (κ1) is 9.68. The molecule has 0 unspecified atom stereocenters. The van der Waals surface area contributed by atoms with Gasteiger partial charge in [-0.05, 0) is 12.2 Å². The van der Waals surface area contributed by atoms with E-state index in [9.17, 15) is 13.2 Å². The van der Waals surface area contributed by atoms with Crippen LogP contribution in [0.4, 0.5) is 13.2 Å². The zero-order valence-corrected chi connectivity index (χ0v) is 6.18. The molecule has 0 aromatic heterocycles. The molecule has 5 heteroatoms. The number of ether oxygens (including phenoxy) is 1. The lowest BCUT2D eigenvalue weighted by Gasteiger charge is -2.05. The van der Waals surface area contributed by atoms with Crippen molar-refractivity contribution in [3.8, 4) is 0 Å². The molecule has 0 aromatic carbocycles. The van der Waals surface area contributed by atoms with Gasteiger partial charge in [0.05, 0.1) is 13.5 Å². The third kappa shape index (κ3) is 5.81. The molecule has 10 heavy (non-hydrogen) atoms. The van der Waals surface area contributed by atoms with Crippen LogP contribution in [-0.4, -0.2) is 18.3 Å². The molecule has 0 saturated carbocycles. The number of hydrogen-bond donors (Lipinski definition) is 0. The summed E-state index contributed by atoms with van der Waals surface area (Å²) in [7, 11) is 1.26. The Labute approximate surface area is 62.2 Å². The molecule has 0 fully saturated rings. The number of thiocarbonyl (C=S) groups is 1. The zero-order chi connectivity index (χ0) is 8.20. The van der Waals surface area contributed by atoms with Crippen LogP contribution >= 0.6 is 12.2 Å². The fourth-order valence-corrected chi connectivity index (χ4v) is 0.448. The minimum absolute atomic E-state index is 0.00248. The standard InChI is InChI=1S/C5H7F3OS/c1-9-4(10)2-3-5(6,7)8/h2-3H2,1H3. The van der Waals surface area contributed by atoms with E-state index >= 15 is 0 Å². The predicted molar refractivity (Wildman–Crippen MR) is 34.9 cm³/mol. The summed E-state index contributed by atoms with van der Waals surface area (Å²) in [4.78, 5) is 0. The van der Waals surface area contributed by atoms with Crippen LogP contribution < -0.4 is 0 Å². The lowest BCUT2D eigenvalue weighted by molar-refractivity contribution is -0.133. The predicted octanol–water partition coefficient (Wildman–Crippen LogP) is 2.30. The van der Waals surface area contributed by atoms with Gasteiger partial charge in [0.1, 0.15) is 0 Å². The highest BCUT2D eigenvalue weighted by Gasteiger charge is 2.27. The second-order valence-electron chi connectivity index (χ2n) is 1.69. The zero-order valence-electron chi connectivity index (χ0n) is 5.36. The Hall–Kier alpha value is -0.320. The lowest BCUT2D eigenvalue weighted by Crippen LogP contribution is -2.10. The molecule has 0 saturated heterocycles. The van der Waals surface area contributed by atoms with Gasteiger partial charge in [-0.2, -0.15) is 13.2 Å². The molecule has 0 aromatic rings. The van der Waals surface area contributed by atoms with Crippen molar-refractivity contribution in [3.05, 3.63) is 0 Å². The number of halogens is 3. The van der Waals surface area contributed by atoms with Crippen LogP contribution in [-0.2, 0) is 4.74 Å². The largest absolute Gasteiger partial charge is 0.490 e. The molecular weight excluding hydrogens is 165 g/mol. The van der Waals surface area contributed by atoms with Gasteiger partial charge in [-0.25, -0.2) is 0 Å². The summed E-state index contributed by atoms with van der Waals surface area (Å²) < 4.78 is 38.7. The van der Waals surface area contributed by atoms with Crippen LogP contribution in [0, 0.1) is 0 Å². The normalized spacial score (nSPS) is 11.2. The highest BCUT2D eigenvalue weighted by atomic mass is 32.1. The van der Waals surface area contributed by atoms with E-state index in [-0.39, 0.29) is 11.5 Å². The van der Waals surface area contributed by atoms with Gasteiger partial charge < -0.3 is 4.74 Å². The molecule has 0 radical (unpaired) electrons. The fourth-order valence-electron chi connectivity index (χ4n) is 0.346. The molecular formula is C5H7F3OS. The Kier molecular flexibility index (Phi) is 3.63. The first-order chi connectivity index (χ1) is 4.45. The van der Waals surface area contributed by atoms with Gasteiger partial charge in [0.2, 0.25) is 0 Å². The van der Waals surface area contributed by atoms with Crippen LogP contribution in [0.15, 0.2) is 0 Å². The maximum Gasteiger partial charge on any atom is 0.389 e. The van der Waals surface area contributed by atoms with Gasteiger partial charge in [-0.15, -0.1) is 0 Å². The second-order valence-corrected chi connectivity index (χ2v) is 2.15. The number of methoxy groups -OCH3 is 1. The molecule has 0 atom stereocenters. The van der Waals surface area contributed by atoms with Gasteiger partial charge >= 0.3 is 6.18 Å².